The highest BCUT2D eigenvalue weighted by molar-refractivity contribution is 7.92. The first-order valence-electron chi connectivity index (χ1n) is 8.70. The molecule has 1 heterocycles. The maximum atomic E-state index is 12.3. The normalized spacial score (nSPS) is 17.6. The van der Waals surface area contributed by atoms with Crippen molar-refractivity contribution in [2.24, 2.45) is 5.92 Å². The summed E-state index contributed by atoms with van der Waals surface area (Å²) < 4.78 is 26.3. The molecule has 144 valence electrons. The van der Waals surface area contributed by atoms with Gasteiger partial charge in [0.25, 0.3) is 0 Å². The second-order valence-corrected chi connectivity index (χ2v) is 8.25. The zero-order valence-corrected chi connectivity index (χ0v) is 15.6. The zero-order chi connectivity index (χ0) is 19.2. The van der Waals surface area contributed by atoms with Crippen LogP contribution in [-0.2, 0) is 14.8 Å². The number of carbonyl (C=O) groups is 2. The number of likely N-dealkylation sites (tertiary alicyclic amines) is 1. The number of piperidine rings is 1. The Morgan fingerprint density at radius 1 is 1.23 bits per heavy atom. The molecule has 0 aromatic heterocycles. The summed E-state index contributed by atoms with van der Waals surface area (Å²) in [7, 11) is -3.37. The molecule has 2 amide bonds. The number of hydrogen-bond donors (Lipinski definition) is 3. The van der Waals surface area contributed by atoms with E-state index in [0.717, 1.165) is 6.42 Å². The van der Waals surface area contributed by atoms with Crippen molar-refractivity contribution >= 4 is 33.4 Å². The summed E-state index contributed by atoms with van der Waals surface area (Å²) >= 11 is 0. The molecule has 1 aromatic rings. The number of nitrogens with one attached hydrogen (secondary N) is 2. The molecule has 1 aromatic carbocycles. The number of sulfonamides is 1. The topological polar surface area (TPSA) is 116 Å². The number of carboxylic acids is 1. The Kier molecular flexibility index (Phi) is 6.84. The molecule has 1 saturated heterocycles. The molecule has 0 spiro atoms. The van der Waals surface area contributed by atoms with Gasteiger partial charge in [-0.3, -0.25) is 9.52 Å². The van der Waals surface area contributed by atoms with Crippen LogP contribution in [0.1, 0.15) is 32.6 Å². The Morgan fingerprint density at radius 3 is 2.50 bits per heavy atom. The maximum Gasteiger partial charge on any atom is 0.321 e. The SMILES string of the molecule is CCCCS(=O)(=O)Nc1ccc(NC(=O)N2CCCC(C(=O)O)C2)cc1. The third kappa shape index (κ3) is 5.91. The van der Waals surface area contributed by atoms with Gasteiger partial charge in [-0.05, 0) is 43.5 Å². The third-order valence-electron chi connectivity index (χ3n) is 4.23. The van der Waals surface area contributed by atoms with Crippen molar-refractivity contribution in [2.45, 2.75) is 32.6 Å². The van der Waals surface area contributed by atoms with E-state index < -0.39 is 21.9 Å². The Bertz CT molecular complexity index is 733. The summed E-state index contributed by atoms with van der Waals surface area (Å²) in [6, 6.07) is 6.01. The van der Waals surface area contributed by atoms with Crippen LogP contribution >= 0.6 is 0 Å². The van der Waals surface area contributed by atoms with E-state index in [0.29, 0.717) is 37.2 Å². The lowest BCUT2D eigenvalue weighted by Gasteiger charge is -2.30. The van der Waals surface area contributed by atoms with Crippen molar-refractivity contribution in [1.82, 2.24) is 4.90 Å². The van der Waals surface area contributed by atoms with Crippen molar-refractivity contribution in [3.63, 3.8) is 0 Å². The van der Waals surface area contributed by atoms with Gasteiger partial charge in [0.05, 0.1) is 11.7 Å². The Hall–Kier alpha value is -2.29. The predicted octanol–water partition coefficient (Wildman–Crippen LogP) is 2.56. The Balaban J connectivity index is 1.92. The summed E-state index contributed by atoms with van der Waals surface area (Å²) in [6.07, 6.45) is 2.62. The molecular formula is C17H25N3O5S. The van der Waals surface area contributed by atoms with Gasteiger partial charge in [0.1, 0.15) is 0 Å². The molecule has 9 heteroatoms. The molecule has 0 radical (unpaired) electrons. The quantitative estimate of drug-likeness (QED) is 0.669. The van der Waals surface area contributed by atoms with Crippen LogP contribution in [0.4, 0.5) is 16.2 Å². The number of nitrogens with zero attached hydrogens (tertiary/aromatic N) is 1. The summed E-state index contributed by atoms with van der Waals surface area (Å²) in [5.41, 5.74) is 0.951. The van der Waals surface area contributed by atoms with Crippen molar-refractivity contribution in [3.05, 3.63) is 24.3 Å². The van der Waals surface area contributed by atoms with E-state index in [2.05, 4.69) is 10.0 Å². The van der Waals surface area contributed by atoms with Gasteiger partial charge in [-0.2, -0.15) is 0 Å². The Morgan fingerprint density at radius 2 is 1.88 bits per heavy atom. The molecule has 26 heavy (non-hydrogen) atoms. The number of amides is 2. The van der Waals surface area contributed by atoms with Crippen LogP contribution in [-0.4, -0.2) is 49.3 Å². The third-order valence-corrected chi connectivity index (χ3v) is 5.61. The molecule has 2 rings (SSSR count). The highest BCUT2D eigenvalue weighted by atomic mass is 32.2. The smallest absolute Gasteiger partial charge is 0.321 e. The van der Waals surface area contributed by atoms with E-state index >= 15 is 0 Å². The zero-order valence-electron chi connectivity index (χ0n) is 14.8. The van der Waals surface area contributed by atoms with Gasteiger partial charge in [0.2, 0.25) is 10.0 Å². The summed E-state index contributed by atoms with van der Waals surface area (Å²) in [5, 5.41) is 11.8. The first-order chi connectivity index (χ1) is 12.3. The number of rotatable bonds is 7. The average molecular weight is 383 g/mol. The van der Waals surface area contributed by atoms with Gasteiger partial charge in [-0.15, -0.1) is 0 Å². The monoisotopic (exact) mass is 383 g/mol. The molecule has 0 aliphatic carbocycles. The number of urea groups is 1. The molecular weight excluding hydrogens is 358 g/mol. The second kappa shape index (κ2) is 8.88. The molecule has 8 nitrogen and oxygen atoms in total. The fraction of sp³-hybridized carbons (Fsp3) is 0.529. The summed E-state index contributed by atoms with van der Waals surface area (Å²) in [5.74, 6) is -1.35. The molecule has 1 aliphatic heterocycles. The lowest BCUT2D eigenvalue weighted by atomic mass is 9.99. The molecule has 1 atom stereocenters. The molecule has 1 unspecified atom stereocenters. The molecule has 1 fully saturated rings. The minimum absolute atomic E-state index is 0.0711. The Labute approximate surface area is 153 Å². The van der Waals surface area contributed by atoms with Crippen LogP contribution in [0.25, 0.3) is 0 Å². The predicted molar refractivity (Wildman–Crippen MR) is 99.7 cm³/mol. The fourth-order valence-corrected chi connectivity index (χ4v) is 4.02. The van der Waals surface area contributed by atoms with E-state index in [1.807, 2.05) is 6.92 Å². The molecule has 1 aliphatic rings. The van der Waals surface area contributed by atoms with E-state index in [4.69, 9.17) is 5.11 Å². The minimum Gasteiger partial charge on any atom is -0.481 e. The number of benzene rings is 1. The van der Waals surface area contributed by atoms with Crippen molar-refractivity contribution in [1.29, 1.82) is 0 Å². The van der Waals surface area contributed by atoms with Crippen LogP contribution in [0.2, 0.25) is 0 Å². The number of hydrogen-bond acceptors (Lipinski definition) is 4. The largest absolute Gasteiger partial charge is 0.481 e. The first-order valence-corrected chi connectivity index (χ1v) is 10.3. The van der Waals surface area contributed by atoms with Gasteiger partial charge in [-0.25, -0.2) is 13.2 Å². The van der Waals surface area contributed by atoms with Crippen molar-refractivity contribution in [3.8, 4) is 0 Å². The van der Waals surface area contributed by atoms with Gasteiger partial charge >= 0.3 is 12.0 Å². The summed E-state index contributed by atoms with van der Waals surface area (Å²) in [6.45, 7) is 2.63. The van der Waals surface area contributed by atoms with Crippen LogP contribution in [0.5, 0.6) is 0 Å². The maximum absolute atomic E-state index is 12.3. The van der Waals surface area contributed by atoms with Gasteiger partial charge < -0.3 is 15.3 Å². The number of unbranched alkanes of at least 4 members (excludes halogenated alkanes) is 1. The van der Waals surface area contributed by atoms with Crippen LogP contribution < -0.4 is 10.0 Å². The van der Waals surface area contributed by atoms with Crippen LogP contribution in [0.3, 0.4) is 0 Å². The standard InChI is InChI=1S/C17H25N3O5S/c1-2-3-11-26(24,25)19-15-8-6-14(7-9-15)18-17(23)20-10-4-5-13(12-20)16(21)22/h6-9,13,19H,2-5,10-12H2,1H3,(H,18,23)(H,21,22). The van der Waals surface area contributed by atoms with Crippen molar-refractivity contribution < 1.29 is 23.1 Å². The molecule has 0 saturated carbocycles. The van der Waals surface area contributed by atoms with E-state index in [1.54, 1.807) is 24.3 Å². The first kappa shape index (κ1) is 20.0. The number of carbonyl (C=O) groups excluding carboxylic acids is 1. The number of carboxylic acid groups (broad SMARTS) is 1. The molecule has 3 N–H and O–H groups in total. The lowest BCUT2D eigenvalue weighted by Crippen LogP contribution is -2.44. The van der Waals surface area contributed by atoms with Crippen LogP contribution in [0.15, 0.2) is 24.3 Å². The van der Waals surface area contributed by atoms with Gasteiger partial charge in [0, 0.05) is 24.5 Å². The minimum atomic E-state index is -3.37. The number of aliphatic carboxylic acids is 1. The van der Waals surface area contributed by atoms with E-state index in [9.17, 15) is 18.0 Å². The molecule has 0 bridgehead atoms. The second-order valence-electron chi connectivity index (χ2n) is 6.41. The van der Waals surface area contributed by atoms with Gasteiger partial charge in [0.15, 0.2) is 0 Å². The fourth-order valence-electron chi connectivity index (χ4n) is 2.75. The summed E-state index contributed by atoms with van der Waals surface area (Å²) in [4.78, 5) is 24.9. The number of anilines is 2. The lowest BCUT2D eigenvalue weighted by molar-refractivity contribution is -0.143. The van der Waals surface area contributed by atoms with E-state index in [-0.39, 0.29) is 18.3 Å². The highest BCUT2D eigenvalue weighted by Gasteiger charge is 2.28. The highest BCUT2D eigenvalue weighted by Crippen LogP contribution is 2.19. The average Bonchev–Trinajstić information content (AvgIpc) is 2.61. The van der Waals surface area contributed by atoms with E-state index in [1.165, 1.54) is 4.90 Å². The van der Waals surface area contributed by atoms with Crippen LogP contribution in [0, 0.1) is 5.92 Å². The van der Waals surface area contributed by atoms with Gasteiger partial charge in [-0.1, -0.05) is 13.3 Å². The van der Waals surface area contributed by atoms with Crippen molar-refractivity contribution in [2.75, 3.05) is 28.9 Å².